The van der Waals surface area contributed by atoms with Gasteiger partial charge in [-0.2, -0.15) is 0 Å². The van der Waals surface area contributed by atoms with Crippen LogP contribution in [0.1, 0.15) is 57.8 Å². The highest BCUT2D eigenvalue weighted by Crippen LogP contribution is 2.41. The molecule has 137 valence electrons. The number of piperidine rings is 3. The van der Waals surface area contributed by atoms with Crippen molar-refractivity contribution in [2.45, 2.75) is 57.8 Å². The summed E-state index contributed by atoms with van der Waals surface area (Å²) in [5.41, 5.74) is 0.899. The molecule has 5 heteroatoms. The average Bonchev–Trinajstić information content (AvgIpc) is 2.70. The second-order valence-corrected chi connectivity index (χ2v) is 7.80. The Morgan fingerprint density at radius 3 is 1.68 bits per heavy atom. The Bertz CT molecular complexity index is 534. The molecule has 0 saturated carbocycles. The number of anilines is 3. The van der Waals surface area contributed by atoms with Crippen molar-refractivity contribution >= 4 is 17.3 Å². The second-order valence-electron chi connectivity index (χ2n) is 7.80. The van der Waals surface area contributed by atoms with E-state index in [1.807, 2.05) is 0 Å². The summed E-state index contributed by atoms with van der Waals surface area (Å²) in [4.78, 5) is 11.8. The summed E-state index contributed by atoms with van der Waals surface area (Å²) in [6.07, 6.45) is 11.1. The molecule has 3 saturated heterocycles. The lowest BCUT2D eigenvalue weighted by Gasteiger charge is -2.35. The molecule has 0 spiro atoms. The average molecular weight is 343 g/mol. The van der Waals surface area contributed by atoms with Gasteiger partial charge in [0.2, 0.25) is 5.75 Å². The Hall–Kier alpha value is -1.65. The van der Waals surface area contributed by atoms with E-state index >= 15 is 0 Å². The van der Waals surface area contributed by atoms with Crippen molar-refractivity contribution in [3.63, 3.8) is 0 Å². The zero-order valence-electron chi connectivity index (χ0n) is 15.4. The zero-order valence-corrected chi connectivity index (χ0v) is 15.4. The molecule has 0 N–H and O–H groups in total. The number of hydrogen-bond donors (Lipinski definition) is 0. The maximum absolute atomic E-state index is 13.2. The molecule has 3 fully saturated rings. The standard InChI is InChI=1S/C20H31N4O/c25-19-17(22-10-4-1-5-11-22)16-18(23-12-6-2-7-13-23)21-20(19)24-14-8-3-9-15-24/h16H,1-15H2. The number of hydrogen-bond acceptors (Lipinski definition) is 4. The van der Waals surface area contributed by atoms with E-state index in [2.05, 4.69) is 20.8 Å². The van der Waals surface area contributed by atoms with Crippen LogP contribution in [0.25, 0.3) is 0 Å². The lowest BCUT2D eigenvalue weighted by Crippen LogP contribution is -2.34. The Morgan fingerprint density at radius 2 is 1.12 bits per heavy atom. The fourth-order valence-electron chi connectivity index (χ4n) is 4.47. The second kappa shape index (κ2) is 7.71. The van der Waals surface area contributed by atoms with E-state index in [-0.39, 0.29) is 5.75 Å². The number of aromatic nitrogens is 1. The van der Waals surface area contributed by atoms with Gasteiger partial charge in [-0.1, -0.05) is 0 Å². The molecule has 0 aromatic carbocycles. The van der Waals surface area contributed by atoms with Crippen LogP contribution in [0, 0.1) is 0 Å². The van der Waals surface area contributed by atoms with Gasteiger partial charge in [-0.25, -0.2) is 4.98 Å². The molecule has 1 aromatic rings. The van der Waals surface area contributed by atoms with E-state index in [9.17, 15) is 5.11 Å². The first-order valence-corrected chi connectivity index (χ1v) is 10.3. The summed E-state index contributed by atoms with van der Waals surface area (Å²) < 4.78 is 0. The van der Waals surface area contributed by atoms with Crippen LogP contribution in [0.15, 0.2) is 6.07 Å². The zero-order chi connectivity index (χ0) is 17.1. The summed E-state index contributed by atoms with van der Waals surface area (Å²) in [5, 5.41) is 13.2. The molecule has 0 bridgehead atoms. The normalized spacial score (nSPS) is 22.3. The van der Waals surface area contributed by atoms with Gasteiger partial charge in [0.05, 0.1) is 5.69 Å². The summed E-state index contributed by atoms with van der Waals surface area (Å²) in [7, 11) is 0. The molecule has 4 rings (SSSR count). The van der Waals surface area contributed by atoms with Crippen molar-refractivity contribution in [2.24, 2.45) is 0 Å². The Kier molecular flexibility index (Phi) is 5.18. The van der Waals surface area contributed by atoms with E-state index in [1.54, 1.807) is 0 Å². The Morgan fingerprint density at radius 1 is 0.640 bits per heavy atom. The van der Waals surface area contributed by atoms with E-state index in [0.717, 1.165) is 50.8 Å². The third-order valence-corrected chi connectivity index (χ3v) is 5.95. The molecule has 0 atom stereocenters. The first kappa shape index (κ1) is 16.8. The lowest BCUT2D eigenvalue weighted by molar-refractivity contribution is 0.351. The fourth-order valence-corrected chi connectivity index (χ4v) is 4.47. The third-order valence-electron chi connectivity index (χ3n) is 5.95. The van der Waals surface area contributed by atoms with Crippen LogP contribution < -0.4 is 14.7 Å². The van der Waals surface area contributed by atoms with Crippen molar-refractivity contribution in [1.29, 1.82) is 0 Å². The molecule has 1 radical (unpaired) electrons. The maximum atomic E-state index is 13.2. The molecule has 1 aromatic heterocycles. The van der Waals surface area contributed by atoms with Gasteiger partial charge in [0, 0.05) is 45.3 Å². The summed E-state index contributed by atoms with van der Waals surface area (Å²) in [6.45, 7) is 6.13. The minimum atomic E-state index is 0.157. The topological polar surface area (TPSA) is 42.5 Å². The van der Waals surface area contributed by atoms with Gasteiger partial charge in [-0.15, -0.1) is 0 Å². The largest absolute Gasteiger partial charge is 0.368 e. The van der Waals surface area contributed by atoms with E-state index in [0.29, 0.717) is 5.82 Å². The van der Waals surface area contributed by atoms with Crippen molar-refractivity contribution in [1.82, 2.24) is 4.98 Å². The number of pyridine rings is 1. The van der Waals surface area contributed by atoms with Crippen LogP contribution >= 0.6 is 0 Å². The molecule has 4 heterocycles. The minimum absolute atomic E-state index is 0.157. The SMILES string of the molecule is [O]c1c(N2CCCCC2)cc(N2CCCCC2)nc1N1CCCCC1. The van der Waals surface area contributed by atoms with Crippen LogP contribution in [-0.4, -0.2) is 44.3 Å². The van der Waals surface area contributed by atoms with Gasteiger partial charge in [-0.3, -0.25) is 5.11 Å². The van der Waals surface area contributed by atoms with Crippen LogP contribution in [0.5, 0.6) is 5.75 Å². The van der Waals surface area contributed by atoms with E-state index < -0.39 is 0 Å². The van der Waals surface area contributed by atoms with Gasteiger partial charge in [0.1, 0.15) is 5.82 Å². The van der Waals surface area contributed by atoms with Gasteiger partial charge in [0.25, 0.3) is 0 Å². The smallest absolute Gasteiger partial charge is 0.244 e. The van der Waals surface area contributed by atoms with Gasteiger partial charge in [-0.05, 0) is 57.8 Å². The van der Waals surface area contributed by atoms with Crippen molar-refractivity contribution in [3.05, 3.63) is 6.07 Å². The van der Waals surface area contributed by atoms with E-state index in [1.165, 1.54) is 57.8 Å². The fraction of sp³-hybridized carbons (Fsp3) is 0.750. The lowest BCUT2D eigenvalue weighted by atomic mass is 10.1. The monoisotopic (exact) mass is 343 g/mol. The number of rotatable bonds is 3. The van der Waals surface area contributed by atoms with Crippen molar-refractivity contribution in [3.8, 4) is 5.75 Å². The molecular weight excluding hydrogens is 312 g/mol. The van der Waals surface area contributed by atoms with E-state index in [4.69, 9.17) is 4.98 Å². The quantitative estimate of drug-likeness (QED) is 0.825. The first-order valence-electron chi connectivity index (χ1n) is 10.3. The molecule has 0 unspecified atom stereocenters. The van der Waals surface area contributed by atoms with Crippen molar-refractivity contribution in [2.75, 3.05) is 54.0 Å². The molecule has 0 amide bonds. The molecule has 5 nitrogen and oxygen atoms in total. The summed E-state index contributed by atoms with van der Waals surface area (Å²) >= 11 is 0. The Balaban J connectivity index is 1.70. The van der Waals surface area contributed by atoms with Gasteiger partial charge < -0.3 is 14.7 Å². The maximum Gasteiger partial charge on any atom is 0.244 e. The van der Waals surface area contributed by atoms with Crippen LogP contribution in [0.2, 0.25) is 0 Å². The molecule has 3 aliphatic heterocycles. The van der Waals surface area contributed by atoms with Crippen LogP contribution in [-0.2, 0) is 5.11 Å². The van der Waals surface area contributed by atoms with Gasteiger partial charge >= 0.3 is 0 Å². The highest BCUT2D eigenvalue weighted by molar-refractivity contribution is 5.73. The molecule has 0 aliphatic carbocycles. The minimum Gasteiger partial charge on any atom is -0.368 e. The molecule has 3 aliphatic rings. The third kappa shape index (κ3) is 3.65. The highest BCUT2D eigenvalue weighted by atomic mass is 16.3. The van der Waals surface area contributed by atoms with Gasteiger partial charge in [0.15, 0.2) is 5.82 Å². The first-order chi connectivity index (χ1) is 12.3. The summed E-state index contributed by atoms with van der Waals surface area (Å²) in [6, 6.07) is 2.09. The number of nitrogens with zero attached hydrogens (tertiary/aromatic N) is 4. The molecular formula is C20H31N4O. The predicted molar refractivity (Wildman–Crippen MR) is 103 cm³/mol. The van der Waals surface area contributed by atoms with Crippen molar-refractivity contribution < 1.29 is 5.11 Å². The molecule has 25 heavy (non-hydrogen) atoms. The van der Waals surface area contributed by atoms with Crippen LogP contribution in [0.4, 0.5) is 17.3 Å². The predicted octanol–water partition coefficient (Wildman–Crippen LogP) is 4.20. The van der Waals surface area contributed by atoms with Crippen LogP contribution in [0.3, 0.4) is 0 Å². The Labute approximate surface area is 151 Å². The highest BCUT2D eigenvalue weighted by Gasteiger charge is 2.26. The summed E-state index contributed by atoms with van der Waals surface area (Å²) in [5.74, 6) is 1.90.